The first kappa shape index (κ1) is 61.7. The van der Waals surface area contributed by atoms with Gasteiger partial charge in [-0.3, -0.25) is 0 Å². The van der Waals surface area contributed by atoms with Crippen molar-refractivity contribution in [1.29, 1.82) is 0 Å². The minimum Gasteiger partial charge on any atom is -0.371 e. The highest BCUT2D eigenvalue weighted by molar-refractivity contribution is 6.11. The predicted molar refractivity (Wildman–Crippen MR) is 397 cm³/mol. The molecule has 4 heteroatoms. The maximum atomic E-state index is 5.24. The van der Waals surface area contributed by atoms with Gasteiger partial charge in [-0.05, 0) is 211 Å². The van der Waals surface area contributed by atoms with E-state index in [0.29, 0.717) is 0 Å². The number of nitrogens with one attached hydrogen (secondary N) is 1. The zero-order valence-corrected chi connectivity index (χ0v) is 54.0. The second-order valence-corrected chi connectivity index (χ2v) is 24.2. The van der Waals surface area contributed by atoms with Gasteiger partial charge in [-0.1, -0.05) is 250 Å². The van der Waals surface area contributed by atoms with Crippen LogP contribution in [-0.4, -0.2) is 10.3 Å². The number of rotatable bonds is 14. The molecule has 0 spiro atoms. The average Bonchev–Trinajstić information content (AvgIpc) is 1.55. The zero-order chi connectivity index (χ0) is 63.2. The average molecular weight is 1200 g/mol. The van der Waals surface area contributed by atoms with E-state index in [-0.39, 0.29) is 6.04 Å². The zero-order valence-electron chi connectivity index (χ0n) is 54.0. The molecule has 0 bridgehead atoms. The second kappa shape index (κ2) is 29.4. The third-order valence-corrected chi connectivity index (χ3v) is 17.6. The minimum absolute atomic E-state index is 0.0589. The van der Waals surface area contributed by atoms with Crippen molar-refractivity contribution >= 4 is 67.2 Å². The van der Waals surface area contributed by atoms with Crippen molar-refractivity contribution < 1.29 is 0 Å². The lowest BCUT2D eigenvalue weighted by atomic mass is 9.93. The number of aryl methyl sites for hydroxylation is 3. The van der Waals surface area contributed by atoms with Crippen molar-refractivity contribution in [2.75, 3.05) is 10.2 Å². The Morgan fingerprint density at radius 2 is 1.25 bits per heavy atom. The van der Waals surface area contributed by atoms with Crippen LogP contribution in [0.3, 0.4) is 0 Å². The molecule has 2 unspecified atom stereocenters. The lowest BCUT2D eigenvalue weighted by molar-refractivity contribution is 0.737. The number of anilines is 4. The van der Waals surface area contributed by atoms with Gasteiger partial charge in [-0.15, -0.1) is 0 Å². The summed E-state index contributed by atoms with van der Waals surface area (Å²) in [4.78, 5) is 7.62. The van der Waals surface area contributed by atoms with Crippen molar-refractivity contribution in [2.45, 2.75) is 79.7 Å². The van der Waals surface area contributed by atoms with E-state index in [2.05, 4.69) is 359 Å². The number of para-hydroxylation sites is 3. The summed E-state index contributed by atoms with van der Waals surface area (Å²) in [5.41, 5.74) is 26.4. The van der Waals surface area contributed by atoms with Gasteiger partial charge in [0.1, 0.15) is 0 Å². The first-order valence-corrected chi connectivity index (χ1v) is 32.8. The van der Waals surface area contributed by atoms with E-state index in [4.69, 9.17) is 4.99 Å². The highest BCUT2D eigenvalue weighted by Crippen LogP contribution is 2.42. The number of hydrogen-bond acceptors (Lipinski definition) is 3. The molecule has 0 radical (unpaired) electrons. The molecule has 11 aromatic rings. The van der Waals surface area contributed by atoms with Gasteiger partial charge in [-0.25, -0.2) is 4.99 Å². The summed E-state index contributed by atoms with van der Waals surface area (Å²) in [6.45, 7) is 12.9. The Kier molecular flexibility index (Phi) is 19.7. The monoisotopic (exact) mass is 1190 g/mol. The van der Waals surface area contributed by atoms with Gasteiger partial charge < -0.3 is 14.8 Å². The predicted octanol–water partition coefficient (Wildman–Crippen LogP) is 24.2. The second-order valence-electron chi connectivity index (χ2n) is 24.2. The normalized spacial score (nSPS) is 15.1. The van der Waals surface area contributed by atoms with Gasteiger partial charge in [-0.2, -0.15) is 0 Å². The molecule has 10 aromatic carbocycles. The Morgan fingerprint density at radius 1 is 0.576 bits per heavy atom. The summed E-state index contributed by atoms with van der Waals surface area (Å²) in [6, 6.07) is 85.7. The molecule has 1 N–H and O–H groups in total. The number of nitrogens with zero attached hydrogens (tertiary/aromatic N) is 3. The van der Waals surface area contributed by atoms with Crippen LogP contribution in [0.15, 0.2) is 314 Å². The molecule has 0 saturated carbocycles. The molecule has 1 aliphatic heterocycles. The van der Waals surface area contributed by atoms with Crippen molar-refractivity contribution in [3.05, 3.63) is 354 Å². The van der Waals surface area contributed by atoms with Gasteiger partial charge in [0.2, 0.25) is 0 Å². The van der Waals surface area contributed by atoms with Crippen molar-refractivity contribution in [1.82, 2.24) is 4.57 Å². The van der Waals surface area contributed by atoms with Gasteiger partial charge in [0.25, 0.3) is 0 Å². The van der Waals surface area contributed by atoms with Gasteiger partial charge in [0, 0.05) is 33.5 Å². The molecule has 3 aliphatic rings. The van der Waals surface area contributed by atoms with E-state index in [0.717, 1.165) is 77.0 Å². The molecule has 92 heavy (non-hydrogen) atoms. The summed E-state index contributed by atoms with van der Waals surface area (Å²) in [5, 5.41) is 6.37. The highest BCUT2D eigenvalue weighted by atomic mass is 15.1. The summed E-state index contributed by atoms with van der Waals surface area (Å²) in [6.07, 6.45) is 31.4. The Hall–Kier alpha value is -10.6. The maximum absolute atomic E-state index is 5.24. The first-order chi connectivity index (χ1) is 45.2. The molecule has 0 amide bonds. The molecule has 454 valence electrons. The summed E-state index contributed by atoms with van der Waals surface area (Å²) < 4.78 is 2.36. The number of benzene rings is 10. The third kappa shape index (κ3) is 14.2. The fraction of sp³-hybridized carbons (Fsp3) is 0.148. The quantitative estimate of drug-likeness (QED) is 0.110. The molecule has 2 aliphatic carbocycles. The van der Waals surface area contributed by atoms with E-state index in [9.17, 15) is 0 Å². The molecule has 4 nitrogen and oxygen atoms in total. The lowest BCUT2D eigenvalue weighted by Crippen LogP contribution is -2.25. The third-order valence-electron chi connectivity index (χ3n) is 17.6. The minimum atomic E-state index is -0.0589. The van der Waals surface area contributed by atoms with Gasteiger partial charge >= 0.3 is 0 Å². The van der Waals surface area contributed by atoms with E-state index >= 15 is 0 Å². The van der Waals surface area contributed by atoms with E-state index in [1.807, 2.05) is 6.92 Å². The van der Waals surface area contributed by atoms with Crippen LogP contribution < -0.4 is 10.2 Å². The van der Waals surface area contributed by atoms with Crippen LogP contribution in [0, 0.1) is 19.8 Å². The van der Waals surface area contributed by atoms with Crippen LogP contribution in [0.5, 0.6) is 0 Å². The van der Waals surface area contributed by atoms with Crippen molar-refractivity contribution in [3.63, 3.8) is 0 Å². The standard InChI is InChI=1S/C48H43N3.C33H29N.C7H10/c1-4-35-12-8-9-15-43(35)44-32-42(27-20-34(44)3)51(40-28-23-37(24-29-40)36-13-6-5-7-14-36)41-30-25-39(26-31-41)48-47(38-21-18-33(2)19-22-38)49-45-16-10-11-17-46(45)50-48;1-3-5-14-29(11-4-2)34-32-16-10-9-15-30(32)31-24-26(19-22-33(31)34)23-25-17-20-28(21-18-25)27-12-7-6-8-13-27;1-7-5-3-2-4-6-7/h6,8-32,47,49H,4-5,7H2,1-3H3;3-22,24H,23H2,1-2H3;2-5,7H,6H2,1H3/b;5-3-,11-4-,29-14+;. The Balaban J connectivity index is 0.000000171. The van der Waals surface area contributed by atoms with E-state index < -0.39 is 0 Å². The first-order valence-electron chi connectivity index (χ1n) is 32.8. The SMILES string of the molecule is CC1C=CC=CC1.CCc1ccccc1-c1cc(N(c2ccc(C3=CCCC=C3)cc2)c2ccc(C3=Nc4ccccc4NC3c3ccc(C)cc3)cc2)ccc1C.C\C=C/C=C(\C=C/C)n1c2ccccc2c2cc(Cc3ccc(-c4ccccc4)cc3)ccc21. The lowest BCUT2D eigenvalue weighted by Gasteiger charge is -2.29. The van der Waals surface area contributed by atoms with Crippen molar-refractivity contribution in [3.8, 4) is 22.3 Å². The Morgan fingerprint density at radius 3 is 1.96 bits per heavy atom. The van der Waals surface area contributed by atoms with Crippen LogP contribution in [0.4, 0.5) is 28.4 Å². The summed E-state index contributed by atoms with van der Waals surface area (Å²) in [7, 11) is 0. The van der Waals surface area contributed by atoms with E-state index in [1.54, 1.807) is 0 Å². The molecular formula is C88H82N4. The van der Waals surface area contributed by atoms with Gasteiger partial charge in [0.05, 0.1) is 34.2 Å². The number of aliphatic imine (C=N–C) groups is 1. The van der Waals surface area contributed by atoms with Gasteiger partial charge in [0.15, 0.2) is 0 Å². The van der Waals surface area contributed by atoms with Crippen LogP contribution in [-0.2, 0) is 12.8 Å². The summed E-state index contributed by atoms with van der Waals surface area (Å²) >= 11 is 0. The van der Waals surface area contributed by atoms with Crippen LogP contribution in [0.25, 0.3) is 55.3 Å². The van der Waals surface area contributed by atoms with E-state index in [1.165, 1.54) is 95.0 Å². The smallest absolute Gasteiger partial charge is 0.0947 e. The summed E-state index contributed by atoms with van der Waals surface area (Å²) in [5.74, 6) is 0.769. The number of hydrogen-bond donors (Lipinski definition) is 1. The molecule has 0 fully saturated rings. The van der Waals surface area contributed by atoms with Crippen LogP contribution in [0.1, 0.15) is 97.5 Å². The maximum Gasteiger partial charge on any atom is 0.0947 e. The van der Waals surface area contributed by atoms with Crippen molar-refractivity contribution in [2.24, 2.45) is 10.9 Å². The fourth-order valence-corrected chi connectivity index (χ4v) is 12.7. The molecule has 2 atom stereocenters. The number of fused-ring (bicyclic) bond motifs is 4. The molecule has 0 saturated heterocycles. The Bertz CT molecular complexity index is 4600. The fourth-order valence-electron chi connectivity index (χ4n) is 12.7. The topological polar surface area (TPSA) is 32.6 Å². The number of allylic oxidation sites excluding steroid dienone is 14. The molecule has 14 rings (SSSR count). The number of aromatic nitrogens is 1. The molecule has 1 aromatic heterocycles. The highest BCUT2D eigenvalue weighted by Gasteiger charge is 2.26. The molecular weight excluding hydrogens is 1110 g/mol. The van der Waals surface area contributed by atoms with Crippen LogP contribution >= 0.6 is 0 Å². The van der Waals surface area contributed by atoms with Crippen LogP contribution in [0.2, 0.25) is 0 Å². The largest absolute Gasteiger partial charge is 0.371 e. The Labute approximate surface area is 545 Å². The molecule has 2 heterocycles.